The third-order valence-corrected chi connectivity index (χ3v) is 4.63. The van der Waals surface area contributed by atoms with Gasteiger partial charge in [0.25, 0.3) is 17.7 Å². The number of rotatable bonds is 6. The fourth-order valence-electron chi connectivity index (χ4n) is 3.10. The van der Waals surface area contributed by atoms with Crippen molar-refractivity contribution in [1.29, 1.82) is 0 Å². The van der Waals surface area contributed by atoms with Gasteiger partial charge in [-0.3, -0.25) is 19.3 Å². The molecule has 1 aliphatic heterocycles. The van der Waals surface area contributed by atoms with Crippen LogP contribution in [0.4, 0.5) is 4.39 Å². The van der Waals surface area contributed by atoms with Gasteiger partial charge in [-0.1, -0.05) is 25.5 Å². The zero-order chi connectivity index (χ0) is 19.6. The van der Waals surface area contributed by atoms with Crippen molar-refractivity contribution in [3.8, 4) is 0 Å². The Bertz CT molecular complexity index is 893. The van der Waals surface area contributed by atoms with Crippen LogP contribution in [0.15, 0.2) is 42.5 Å². The number of carbonyl (C=O) groups excluding carboxylic acids is 3. The average molecular weight is 368 g/mol. The van der Waals surface area contributed by atoms with Crippen LogP contribution in [-0.4, -0.2) is 41.1 Å². The minimum atomic E-state index is -0.348. The SMILES string of the molecule is CCCCN1C(=O)c2ccc(C(=O)N(C)Cc3ccc(F)cc3)cc2C1=O. The predicted molar refractivity (Wildman–Crippen MR) is 98.9 cm³/mol. The van der Waals surface area contributed by atoms with Crippen LogP contribution < -0.4 is 0 Å². The lowest BCUT2D eigenvalue weighted by Gasteiger charge is -2.17. The Morgan fingerprint density at radius 2 is 1.70 bits per heavy atom. The smallest absolute Gasteiger partial charge is 0.261 e. The summed E-state index contributed by atoms with van der Waals surface area (Å²) in [6, 6.07) is 10.5. The maximum Gasteiger partial charge on any atom is 0.261 e. The number of carbonyl (C=O) groups is 3. The molecule has 0 atom stereocenters. The number of amides is 3. The van der Waals surface area contributed by atoms with E-state index in [-0.39, 0.29) is 29.1 Å². The zero-order valence-electron chi connectivity index (χ0n) is 15.4. The normalized spacial score (nSPS) is 13.1. The number of halogens is 1. The Balaban J connectivity index is 1.78. The van der Waals surface area contributed by atoms with E-state index in [1.54, 1.807) is 31.3 Å². The van der Waals surface area contributed by atoms with Gasteiger partial charge >= 0.3 is 0 Å². The molecule has 0 N–H and O–H groups in total. The Labute approximate surface area is 157 Å². The summed E-state index contributed by atoms with van der Waals surface area (Å²) in [4.78, 5) is 40.3. The molecule has 3 rings (SSSR count). The van der Waals surface area contributed by atoms with Gasteiger partial charge in [-0.15, -0.1) is 0 Å². The van der Waals surface area contributed by atoms with E-state index in [0.717, 1.165) is 18.4 Å². The third kappa shape index (κ3) is 3.74. The van der Waals surface area contributed by atoms with Crippen LogP contribution in [0, 0.1) is 5.82 Å². The molecule has 0 bridgehead atoms. The monoisotopic (exact) mass is 368 g/mol. The maximum absolute atomic E-state index is 13.0. The molecule has 0 saturated heterocycles. The first-order chi connectivity index (χ1) is 12.9. The highest BCUT2D eigenvalue weighted by atomic mass is 19.1. The molecule has 0 radical (unpaired) electrons. The van der Waals surface area contributed by atoms with E-state index in [9.17, 15) is 18.8 Å². The first kappa shape index (κ1) is 18.8. The topological polar surface area (TPSA) is 57.7 Å². The van der Waals surface area contributed by atoms with Gasteiger partial charge < -0.3 is 4.90 Å². The second kappa shape index (κ2) is 7.70. The van der Waals surface area contributed by atoms with Crippen LogP contribution in [0.3, 0.4) is 0 Å². The van der Waals surface area contributed by atoms with Gasteiger partial charge in [0.1, 0.15) is 5.82 Å². The summed E-state index contributed by atoms with van der Waals surface area (Å²) in [5.41, 5.74) is 1.76. The number of hydrogen-bond donors (Lipinski definition) is 0. The second-order valence-electron chi connectivity index (χ2n) is 6.66. The van der Waals surface area contributed by atoms with Crippen LogP contribution >= 0.6 is 0 Å². The molecule has 0 saturated carbocycles. The van der Waals surface area contributed by atoms with Crippen LogP contribution in [0.25, 0.3) is 0 Å². The van der Waals surface area contributed by atoms with Crippen LogP contribution in [0.5, 0.6) is 0 Å². The van der Waals surface area contributed by atoms with Crippen molar-refractivity contribution in [2.24, 2.45) is 0 Å². The largest absolute Gasteiger partial charge is 0.337 e. The number of hydrogen-bond acceptors (Lipinski definition) is 3. The molecule has 0 spiro atoms. The van der Waals surface area contributed by atoms with Gasteiger partial charge in [0.2, 0.25) is 0 Å². The molecule has 3 amide bonds. The molecule has 1 heterocycles. The molecule has 140 valence electrons. The number of unbranched alkanes of at least 4 members (excludes halogenated alkanes) is 1. The Kier molecular flexibility index (Phi) is 5.35. The summed E-state index contributed by atoms with van der Waals surface area (Å²) in [6.07, 6.45) is 1.63. The minimum Gasteiger partial charge on any atom is -0.337 e. The molecular weight excluding hydrogens is 347 g/mol. The fraction of sp³-hybridized carbons (Fsp3) is 0.286. The fourth-order valence-corrected chi connectivity index (χ4v) is 3.10. The summed E-state index contributed by atoms with van der Waals surface area (Å²) < 4.78 is 13.0. The van der Waals surface area contributed by atoms with Crippen LogP contribution in [-0.2, 0) is 6.54 Å². The molecule has 2 aromatic carbocycles. The number of imide groups is 1. The van der Waals surface area contributed by atoms with Crippen molar-refractivity contribution < 1.29 is 18.8 Å². The van der Waals surface area contributed by atoms with Crippen molar-refractivity contribution in [3.63, 3.8) is 0 Å². The van der Waals surface area contributed by atoms with Crippen molar-refractivity contribution in [3.05, 3.63) is 70.5 Å². The van der Waals surface area contributed by atoms with Crippen molar-refractivity contribution >= 4 is 17.7 Å². The van der Waals surface area contributed by atoms with E-state index in [0.29, 0.717) is 24.2 Å². The summed E-state index contributed by atoms with van der Waals surface area (Å²) in [6.45, 7) is 2.69. The molecule has 27 heavy (non-hydrogen) atoms. The van der Waals surface area contributed by atoms with Crippen LogP contribution in [0.2, 0.25) is 0 Å². The summed E-state index contributed by atoms with van der Waals surface area (Å²) in [5.74, 6) is -1.25. The van der Waals surface area contributed by atoms with Gasteiger partial charge in [0, 0.05) is 25.7 Å². The lowest BCUT2D eigenvalue weighted by Crippen LogP contribution is -2.30. The van der Waals surface area contributed by atoms with Gasteiger partial charge in [0.15, 0.2) is 0 Å². The van der Waals surface area contributed by atoms with Crippen molar-refractivity contribution in [2.45, 2.75) is 26.3 Å². The second-order valence-corrected chi connectivity index (χ2v) is 6.66. The highest BCUT2D eigenvalue weighted by Gasteiger charge is 2.35. The van der Waals surface area contributed by atoms with Gasteiger partial charge in [-0.05, 0) is 42.3 Å². The molecule has 0 unspecified atom stereocenters. The third-order valence-electron chi connectivity index (χ3n) is 4.63. The van der Waals surface area contributed by atoms with E-state index >= 15 is 0 Å². The number of nitrogens with zero attached hydrogens (tertiary/aromatic N) is 2. The highest BCUT2D eigenvalue weighted by Crippen LogP contribution is 2.25. The van der Waals surface area contributed by atoms with E-state index in [1.165, 1.54) is 28.0 Å². The maximum atomic E-state index is 13.0. The minimum absolute atomic E-state index is 0.269. The quantitative estimate of drug-likeness (QED) is 0.734. The Hall–Kier alpha value is -3.02. The summed E-state index contributed by atoms with van der Waals surface area (Å²) >= 11 is 0. The Morgan fingerprint density at radius 1 is 1.04 bits per heavy atom. The molecule has 6 heteroatoms. The van der Waals surface area contributed by atoms with Crippen LogP contribution in [0.1, 0.15) is 56.4 Å². The van der Waals surface area contributed by atoms with E-state index in [4.69, 9.17) is 0 Å². The van der Waals surface area contributed by atoms with Gasteiger partial charge in [-0.25, -0.2) is 4.39 Å². The lowest BCUT2D eigenvalue weighted by atomic mass is 10.0. The number of benzene rings is 2. The van der Waals surface area contributed by atoms with E-state index in [2.05, 4.69) is 0 Å². The summed E-state index contributed by atoms with van der Waals surface area (Å²) in [7, 11) is 1.64. The molecular formula is C21H21FN2O3. The van der Waals surface area contributed by atoms with Gasteiger partial charge in [0.05, 0.1) is 11.1 Å². The molecule has 1 aliphatic rings. The Morgan fingerprint density at radius 3 is 2.37 bits per heavy atom. The van der Waals surface area contributed by atoms with Crippen molar-refractivity contribution in [1.82, 2.24) is 9.80 Å². The first-order valence-corrected chi connectivity index (χ1v) is 8.92. The molecule has 0 fully saturated rings. The molecule has 0 aliphatic carbocycles. The molecule has 0 aromatic heterocycles. The first-order valence-electron chi connectivity index (χ1n) is 8.92. The van der Waals surface area contributed by atoms with E-state index in [1.807, 2.05) is 6.92 Å². The number of fused-ring (bicyclic) bond motifs is 1. The predicted octanol–water partition coefficient (Wildman–Crippen LogP) is 3.49. The van der Waals surface area contributed by atoms with E-state index < -0.39 is 0 Å². The lowest BCUT2D eigenvalue weighted by molar-refractivity contribution is 0.0652. The molecule has 5 nitrogen and oxygen atoms in total. The highest BCUT2D eigenvalue weighted by molar-refractivity contribution is 6.22. The standard InChI is InChI=1S/C21H21FN2O3/c1-3-4-11-24-20(26)17-10-7-15(12-18(17)21(24)27)19(25)23(2)13-14-5-8-16(22)9-6-14/h5-10,12H,3-4,11,13H2,1-2H3. The van der Waals surface area contributed by atoms with Crippen molar-refractivity contribution in [2.75, 3.05) is 13.6 Å². The zero-order valence-corrected chi connectivity index (χ0v) is 15.4. The molecule has 2 aromatic rings. The summed E-state index contributed by atoms with van der Waals surface area (Å²) in [5, 5.41) is 0. The van der Waals surface area contributed by atoms with Gasteiger partial charge in [-0.2, -0.15) is 0 Å². The average Bonchev–Trinajstić information content (AvgIpc) is 2.91.